The van der Waals surface area contributed by atoms with Gasteiger partial charge in [0.25, 0.3) is 0 Å². The number of likely N-dealkylation sites (N-methyl/N-ethyl adjacent to an activating group) is 1. The smallest absolute Gasteiger partial charge is 0.501 e. The molecule has 0 radical (unpaired) electrons. The van der Waals surface area contributed by atoms with E-state index in [0.717, 1.165) is 35.4 Å². The SMILES string of the molecule is CCCC(C[N+](C)(C)C)OB(Oc1ccccc1)Oc1ccccc1.[c-]1ccccc1. The maximum Gasteiger partial charge on any atom is 0.788 e. The van der Waals surface area contributed by atoms with Crippen molar-refractivity contribution in [2.24, 2.45) is 0 Å². The lowest BCUT2D eigenvalue weighted by atomic mass is 10.1. The van der Waals surface area contributed by atoms with E-state index in [4.69, 9.17) is 14.0 Å². The Balaban J connectivity index is 0.000000488. The first-order chi connectivity index (χ1) is 15.0. The van der Waals surface area contributed by atoms with E-state index in [-0.39, 0.29) is 6.10 Å². The van der Waals surface area contributed by atoms with Crippen molar-refractivity contribution in [2.75, 3.05) is 27.7 Å². The van der Waals surface area contributed by atoms with Crippen LogP contribution in [0, 0.1) is 6.07 Å². The Bertz CT molecular complexity index is 742. The summed E-state index contributed by atoms with van der Waals surface area (Å²) in [4.78, 5) is 0. The van der Waals surface area contributed by atoms with Gasteiger partial charge >= 0.3 is 7.32 Å². The number of quaternary nitrogens is 1. The fourth-order valence-corrected chi connectivity index (χ4v) is 2.93. The molecular weight excluding hydrogens is 385 g/mol. The number of nitrogens with zero attached hydrogens (tertiary/aromatic N) is 1. The van der Waals surface area contributed by atoms with Crippen LogP contribution in [0.15, 0.2) is 91.0 Å². The highest BCUT2D eigenvalue weighted by atomic mass is 16.7. The fraction of sp³-hybridized carbons (Fsp3) is 0.308. The van der Waals surface area contributed by atoms with Gasteiger partial charge in [-0.3, -0.25) is 0 Å². The molecule has 0 fully saturated rings. The summed E-state index contributed by atoms with van der Waals surface area (Å²) in [5.41, 5.74) is 0. The third-order valence-corrected chi connectivity index (χ3v) is 4.22. The molecule has 3 aromatic carbocycles. The van der Waals surface area contributed by atoms with Crippen molar-refractivity contribution in [3.05, 3.63) is 97.1 Å². The molecule has 0 heterocycles. The molecule has 0 saturated carbocycles. The zero-order valence-corrected chi connectivity index (χ0v) is 19.1. The van der Waals surface area contributed by atoms with Gasteiger partial charge in [-0.15, -0.1) is 0 Å². The van der Waals surface area contributed by atoms with E-state index in [1.54, 1.807) is 0 Å². The van der Waals surface area contributed by atoms with Crippen molar-refractivity contribution >= 4 is 7.32 Å². The van der Waals surface area contributed by atoms with Crippen LogP contribution in [0.2, 0.25) is 0 Å². The second-order valence-corrected chi connectivity index (χ2v) is 8.25. The topological polar surface area (TPSA) is 27.7 Å². The van der Waals surface area contributed by atoms with E-state index in [9.17, 15) is 0 Å². The third kappa shape index (κ3) is 11.3. The molecule has 0 amide bonds. The molecule has 164 valence electrons. The van der Waals surface area contributed by atoms with E-state index >= 15 is 0 Å². The summed E-state index contributed by atoms with van der Waals surface area (Å²) in [5.74, 6) is 1.45. The van der Waals surface area contributed by atoms with E-state index in [0.29, 0.717) is 0 Å². The van der Waals surface area contributed by atoms with E-state index in [1.807, 2.05) is 91.0 Å². The molecule has 31 heavy (non-hydrogen) atoms. The molecule has 1 unspecified atom stereocenters. The van der Waals surface area contributed by atoms with Crippen LogP contribution in [0.5, 0.6) is 11.5 Å². The van der Waals surface area contributed by atoms with Gasteiger partial charge in [0.05, 0.1) is 27.2 Å². The van der Waals surface area contributed by atoms with Gasteiger partial charge in [-0.1, -0.05) is 49.7 Å². The maximum atomic E-state index is 6.21. The van der Waals surface area contributed by atoms with E-state index in [1.165, 1.54) is 0 Å². The minimum absolute atomic E-state index is 0.0578. The van der Waals surface area contributed by atoms with Gasteiger partial charge in [-0.05, 0) is 30.7 Å². The van der Waals surface area contributed by atoms with Crippen molar-refractivity contribution in [1.82, 2.24) is 0 Å². The van der Waals surface area contributed by atoms with Crippen LogP contribution in [-0.2, 0) is 4.65 Å². The third-order valence-electron chi connectivity index (χ3n) is 4.22. The normalized spacial score (nSPS) is 11.6. The molecule has 3 rings (SSSR count). The van der Waals surface area contributed by atoms with Crippen LogP contribution in [0.25, 0.3) is 0 Å². The van der Waals surface area contributed by atoms with Gasteiger partial charge in [0.15, 0.2) is 0 Å². The van der Waals surface area contributed by atoms with Gasteiger partial charge in [0, 0.05) is 0 Å². The Morgan fingerprint density at radius 2 is 1.26 bits per heavy atom. The quantitative estimate of drug-likeness (QED) is 0.247. The molecule has 1 atom stereocenters. The number of para-hydroxylation sites is 2. The van der Waals surface area contributed by atoms with E-state index in [2.05, 4.69) is 34.1 Å². The first-order valence-corrected chi connectivity index (χ1v) is 10.8. The average molecular weight is 419 g/mol. The van der Waals surface area contributed by atoms with Crippen molar-refractivity contribution in [2.45, 2.75) is 25.9 Å². The van der Waals surface area contributed by atoms with Crippen molar-refractivity contribution in [3.63, 3.8) is 0 Å². The molecule has 0 bridgehead atoms. The Hall–Kier alpha value is -2.76. The second kappa shape index (κ2) is 13.5. The number of benzene rings is 3. The highest BCUT2D eigenvalue weighted by molar-refractivity contribution is 6.38. The van der Waals surface area contributed by atoms with Crippen LogP contribution in [0.1, 0.15) is 19.8 Å². The molecule has 0 aliphatic carbocycles. The van der Waals surface area contributed by atoms with Gasteiger partial charge in [0.1, 0.15) is 18.0 Å². The van der Waals surface area contributed by atoms with Gasteiger partial charge < -0.3 is 18.4 Å². The molecule has 0 spiro atoms. The summed E-state index contributed by atoms with van der Waals surface area (Å²) in [6.07, 6.45) is 2.07. The minimum atomic E-state index is -0.784. The predicted molar refractivity (Wildman–Crippen MR) is 128 cm³/mol. The summed E-state index contributed by atoms with van der Waals surface area (Å²) in [7, 11) is 5.71. The van der Waals surface area contributed by atoms with Crippen molar-refractivity contribution in [3.8, 4) is 11.5 Å². The molecule has 3 aromatic rings. The standard InChI is InChI=1S/C20H29BNO3.C6H5/c1-5-12-20(17-22(2,3)4)25-21(23-18-13-8-6-9-14-18)24-19-15-10-7-11-16-19;1-2-4-6-5-3-1/h6-11,13-16,20H,5,12,17H2,1-4H3;1-5H/q+1;-1. The monoisotopic (exact) mass is 419 g/mol. The Morgan fingerprint density at radius 3 is 1.61 bits per heavy atom. The molecule has 0 aliphatic heterocycles. The molecule has 5 heteroatoms. The number of hydrogen-bond donors (Lipinski definition) is 0. The van der Waals surface area contributed by atoms with Gasteiger partial charge in [0.2, 0.25) is 0 Å². The predicted octanol–water partition coefficient (Wildman–Crippen LogP) is 5.51. The number of rotatable bonds is 10. The zero-order chi connectivity index (χ0) is 22.4. The number of hydrogen-bond acceptors (Lipinski definition) is 3. The second-order valence-electron chi connectivity index (χ2n) is 8.25. The van der Waals surface area contributed by atoms with Crippen LogP contribution >= 0.6 is 0 Å². The Labute approximate surface area is 188 Å². The Kier molecular flexibility index (Phi) is 10.7. The van der Waals surface area contributed by atoms with Gasteiger partial charge in [-0.25, -0.2) is 0 Å². The maximum absolute atomic E-state index is 6.21. The summed E-state index contributed by atoms with van der Waals surface area (Å²) in [5, 5.41) is 0. The molecule has 0 saturated heterocycles. The van der Waals surface area contributed by atoms with Crippen LogP contribution < -0.4 is 9.31 Å². The average Bonchev–Trinajstić information content (AvgIpc) is 2.76. The van der Waals surface area contributed by atoms with Crippen molar-refractivity contribution in [1.29, 1.82) is 0 Å². The van der Waals surface area contributed by atoms with E-state index < -0.39 is 7.32 Å². The zero-order valence-electron chi connectivity index (χ0n) is 19.1. The summed E-state index contributed by atoms with van der Waals surface area (Å²) < 4.78 is 19.0. The van der Waals surface area contributed by atoms with Crippen LogP contribution in [0.3, 0.4) is 0 Å². The summed E-state index contributed by atoms with van der Waals surface area (Å²) in [6, 6.07) is 31.8. The lowest BCUT2D eigenvalue weighted by Crippen LogP contribution is -2.46. The highest BCUT2D eigenvalue weighted by Gasteiger charge is 2.33. The van der Waals surface area contributed by atoms with Crippen LogP contribution in [-0.4, -0.2) is 45.6 Å². The Morgan fingerprint density at radius 1 is 0.774 bits per heavy atom. The summed E-state index contributed by atoms with van der Waals surface area (Å²) >= 11 is 0. The first-order valence-electron chi connectivity index (χ1n) is 10.8. The summed E-state index contributed by atoms with van der Waals surface area (Å²) in [6.45, 7) is 3.05. The molecular formula is C26H34BNO3. The molecule has 0 aliphatic rings. The first kappa shape index (κ1) is 24.5. The lowest BCUT2D eigenvalue weighted by molar-refractivity contribution is -0.873. The van der Waals surface area contributed by atoms with Gasteiger partial charge in [-0.2, -0.15) is 36.4 Å². The highest BCUT2D eigenvalue weighted by Crippen LogP contribution is 2.17. The minimum Gasteiger partial charge on any atom is -0.501 e. The van der Waals surface area contributed by atoms with Crippen LogP contribution in [0.4, 0.5) is 0 Å². The lowest BCUT2D eigenvalue weighted by Gasteiger charge is -2.30. The fourth-order valence-electron chi connectivity index (χ4n) is 2.93. The molecule has 0 aromatic heterocycles. The van der Waals surface area contributed by atoms with Crippen molar-refractivity contribution < 1.29 is 18.4 Å². The molecule has 4 nitrogen and oxygen atoms in total. The largest absolute Gasteiger partial charge is 0.788 e. The molecule has 0 N–H and O–H groups in total.